The largest absolute Gasteiger partial charge is 0.348 e. The van der Waals surface area contributed by atoms with E-state index in [0.29, 0.717) is 10.6 Å². The molecule has 1 aliphatic rings. The number of hydrogen-bond donors (Lipinski definition) is 2. The minimum absolute atomic E-state index is 0.0497. The number of halogens is 2. The van der Waals surface area contributed by atoms with Crippen molar-refractivity contribution in [1.82, 2.24) is 5.32 Å². The molecule has 1 saturated carbocycles. The summed E-state index contributed by atoms with van der Waals surface area (Å²) in [4.78, 5) is 12.2. The lowest BCUT2D eigenvalue weighted by Gasteiger charge is -2.29. The topological polar surface area (TPSA) is 55.1 Å². The molecular weight excluding hydrogens is 316 g/mol. The van der Waals surface area contributed by atoms with Crippen LogP contribution in [0.5, 0.6) is 0 Å². The molecule has 0 bridgehead atoms. The van der Waals surface area contributed by atoms with Crippen LogP contribution in [0.25, 0.3) is 0 Å². The van der Waals surface area contributed by atoms with Gasteiger partial charge in [-0.15, -0.1) is 0 Å². The van der Waals surface area contributed by atoms with Crippen molar-refractivity contribution in [2.75, 3.05) is 0 Å². The van der Waals surface area contributed by atoms with Gasteiger partial charge in [0.25, 0.3) is 5.91 Å². The van der Waals surface area contributed by atoms with Crippen molar-refractivity contribution in [2.45, 2.75) is 37.8 Å². The van der Waals surface area contributed by atoms with Gasteiger partial charge in [0.05, 0.1) is 10.6 Å². The lowest BCUT2D eigenvalue weighted by molar-refractivity contribution is 0.0921. The predicted molar refractivity (Wildman–Crippen MR) is 76.8 cm³/mol. The van der Waals surface area contributed by atoms with Crippen molar-refractivity contribution in [2.24, 2.45) is 5.73 Å². The van der Waals surface area contributed by atoms with Gasteiger partial charge in [-0.2, -0.15) is 0 Å². The minimum Gasteiger partial charge on any atom is -0.348 e. The lowest BCUT2D eigenvalue weighted by Crippen LogP contribution is -2.49. The first-order valence-electron chi connectivity index (χ1n) is 6.10. The minimum atomic E-state index is -0.149. The maximum Gasteiger partial charge on any atom is 0.253 e. The van der Waals surface area contributed by atoms with E-state index in [2.05, 4.69) is 21.2 Å². The van der Waals surface area contributed by atoms with Crippen molar-refractivity contribution in [3.05, 3.63) is 33.3 Å². The maximum absolute atomic E-state index is 12.2. The molecule has 2 rings (SSSR count). The number of amides is 1. The molecule has 0 radical (unpaired) electrons. The summed E-state index contributed by atoms with van der Waals surface area (Å²) in [5.74, 6) is -0.149. The summed E-state index contributed by atoms with van der Waals surface area (Å²) in [7, 11) is 0. The summed E-state index contributed by atoms with van der Waals surface area (Å²) in [6, 6.07) is 5.43. The Morgan fingerprint density at radius 2 is 2.11 bits per heavy atom. The summed E-state index contributed by atoms with van der Waals surface area (Å²) in [6.45, 7) is 0. The third kappa shape index (κ3) is 3.05. The fourth-order valence-corrected chi connectivity index (χ4v) is 2.84. The summed E-state index contributed by atoms with van der Waals surface area (Å²) in [5, 5.41) is 3.43. The number of hydrogen-bond acceptors (Lipinski definition) is 2. The van der Waals surface area contributed by atoms with E-state index in [1.807, 2.05) is 6.07 Å². The average molecular weight is 332 g/mol. The number of benzene rings is 1. The second kappa shape index (κ2) is 6.04. The molecule has 0 aliphatic heterocycles. The molecule has 0 aromatic heterocycles. The molecule has 1 aromatic carbocycles. The van der Waals surface area contributed by atoms with Crippen molar-refractivity contribution in [3.8, 4) is 0 Å². The molecule has 0 saturated heterocycles. The van der Waals surface area contributed by atoms with Crippen LogP contribution in [0.1, 0.15) is 36.0 Å². The van der Waals surface area contributed by atoms with Gasteiger partial charge in [-0.3, -0.25) is 4.79 Å². The normalized spacial score (nSPS) is 23.7. The van der Waals surface area contributed by atoms with Crippen LogP contribution in [0, 0.1) is 0 Å². The van der Waals surface area contributed by atoms with Crippen LogP contribution in [-0.2, 0) is 0 Å². The Morgan fingerprint density at radius 1 is 1.39 bits per heavy atom. The Bertz CT molecular complexity index is 453. The van der Waals surface area contributed by atoms with Gasteiger partial charge >= 0.3 is 0 Å². The Labute approximate surface area is 120 Å². The first-order valence-corrected chi connectivity index (χ1v) is 7.27. The lowest BCUT2D eigenvalue weighted by atomic mass is 9.91. The molecule has 0 heterocycles. The van der Waals surface area contributed by atoms with E-state index >= 15 is 0 Å². The number of carbonyl (C=O) groups excluding carboxylic acids is 1. The van der Waals surface area contributed by atoms with Crippen LogP contribution in [0.15, 0.2) is 22.7 Å². The molecule has 2 atom stereocenters. The van der Waals surface area contributed by atoms with E-state index in [-0.39, 0.29) is 18.0 Å². The monoisotopic (exact) mass is 330 g/mol. The molecular formula is C13H16BrClN2O. The summed E-state index contributed by atoms with van der Waals surface area (Å²) in [5.41, 5.74) is 6.51. The van der Waals surface area contributed by atoms with Crippen LogP contribution in [-0.4, -0.2) is 18.0 Å². The standard InChI is InChI=1S/C13H16BrClN2O/c14-9-5-3-4-8(12(9)15)13(18)17-11-7-2-1-6-10(11)16/h3-5,10-11H,1-2,6-7,16H2,(H,17,18). The van der Waals surface area contributed by atoms with E-state index in [1.165, 1.54) is 0 Å². The van der Waals surface area contributed by atoms with Gasteiger partial charge in [-0.1, -0.05) is 30.5 Å². The smallest absolute Gasteiger partial charge is 0.253 e. The SMILES string of the molecule is NC1CCCCC1NC(=O)c1cccc(Br)c1Cl. The van der Waals surface area contributed by atoms with Crippen molar-refractivity contribution in [3.63, 3.8) is 0 Å². The van der Waals surface area contributed by atoms with E-state index in [4.69, 9.17) is 17.3 Å². The molecule has 0 spiro atoms. The van der Waals surface area contributed by atoms with Crippen LogP contribution in [0.4, 0.5) is 0 Å². The van der Waals surface area contributed by atoms with E-state index in [9.17, 15) is 4.79 Å². The Hall–Kier alpha value is -0.580. The molecule has 3 nitrogen and oxygen atoms in total. The van der Waals surface area contributed by atoms with Crippen molar-refractivity contribution in [1.29, 1.82) is 0 Å². The second-order valence-corrected chi connectivity index (χ2v) is 5.86. The number of nitrogens with one attached hydrogen (secondary N) is 1. The maximum atomic E-state index is 12.2. The highest BCUT2D eigenvalue weighted by Gasteiger charge is 2.24. The number of carbonyl (C=O) groups is 1. The highest BCUT2D eigenvalue weighted by molar-refractivity contribution is 9.10. The molecule has 5 heteroatoms. The fourth-order valence-electron chi connectivity index (χ4n) is 2.26. The Kier molecular flexibility index (Phi) is 4.65. The number of rotatable bonds is 2. The van der Waals surface area contributed by atoms with Gasteiger partial charge in [0.1, 0.15) is 0 Å². The van der Waals surface area contributed by atoms with E-state index in [1.54, 1.807) is 12.1 Å². The summed E-state index contributed by atoms with van der Waals surface area (Å²) >= 11 is 9.42. The fraction of sp³-hybridized carbons (Fsp3) is 0.462. The van der Waals surface area contributed by atoms with Gasteiger partial charge in [0, 0.05) is 16.6 Å². The highest BCUT2D eigenvalue weighted by atomic mass is 79.9. The molecule has 1 aliphatic carbocycles. The first kappa shape index (κ1) is 13.8. The molecule has 1 amide bonds. The first-order chi connectivity index (χ1) is 8.59. The van der Waals surface area contributed by atoms with Crippen LogP contribution in [0.2, 0.25) is 5.02 Å². The van der Waals surface area contributed by atoms with Crippen molar-refractivity contribution < 1.29 is 4.79 Å². The van der Waals surface area contributed by atoms with Gasteiger partial charge in [-0.05, 0) is 40.9 Å². The van der Waals surface area contributed by atoms with E-state index < -0.39 is 0 Å². The molecule has 18 heavy (non-hydrogen) atoms. The Morgan fingerprint density at radius 3 is 2.83 bits per heavy atom. The van der Waals surface area contributed by atoms with Crippen LogP contribution < -0.4 is 11.1 Å². The summed E-state index contributed by atoms with van der Waals surface area (Å²) in [6.07, 6.45) is 4.17. The molecule has 2 unspecified atom stereocenters. The molecule has 1 aromatic rings. The molecule has 98 valence electrons. The van der Waals surface area contributed by atoms with Crippen molar-refractivity contribution >= 4 is 33.4 Å². The third-order valence-electron chi connectivity index (χ3n) is 3.33. The van der Waals surface area contributed by atoms with Gasteiger partial charge in [0.2, 0.25) is 0 Å². The van der Waals surface area contributed by atoms with Crippen LogP contribution >= 0.6 is 27.5 Å². The predicted octanol–water partition coefficient (Wildman–Crippen LogP) is 3.10. The Balaban J connectivity index is 2.09. The quantitative estimate of drug-likeness (QED) is 0.875. The zero-order valence-corrected chi connectivity index (χ0v) is 12.3. The second-order valence-electron chi connectivity index (χ2n) is 4.63. The zero-order chi connectivity index (χ0) is 13.1. The average Bonchev–Trinajstić information content (AvgIpc) is 2.35. The van der Waals surface area contributed by atoms with Gasteiger partial charge in [-0.25, -0.2) is 0 Å². The highest BCUT2D eigenvalue weighted by Crippen LogP contribution is 2.26. The number of nitrogens with two attached hydrogens (primary N) is 1. The zero-order valence-electron chi connectivity index (χ0n) is 9.96. The van der Waals surface area contributed by atoms with Crippen LogP contribution in [0.3, 0.4) is 0 Å². The third-order valence-corrected chi connectivity index (χ3v) is 4.63. The van der Waals surface area contributed by atoms with Gasteiger partial charge < -0.3 is 11.1 Å². The molecule has 3 N–H and O–H groups in total. The van der Waals surface area contributed by atoms with E-state index in [0.717, 1.165) is 30.2 Å². The summed E-state index contributed by atoms with van der Waals surface area (Å²) < 4.78 is 0.727. The van der Waals surface area contributed by atoms with Gasteiger partial charge in [0.15, 0.2) is 0 Å². The molecule has 1 fully saturated rings.